The molecule has 1 aliphatic rings. The quantitative estimate of drug-likeness (QED) is 0.705. The summed E-state index contributed by atoms with van der Waals surface area (Å²) >= 11 is 0. The number of hydrogen-bond donors (Lipinski definition) is 2. The number of amides is 1. The lowest BCUT2D eigenvalue weighted by Gasteiger charge is -2.36. The predicted molar refractivity (Wildman–Crippen MR) is 102 cm³/mol. The minimum absolute atomic E-state index is 0.0557. The Labute approximate surface area is 156 Å². The summed E-state index contributed by atoms with van der Waals surface area (Å²) in [6.07, 6.45) is 1.57. The largest absolute Gasteiger partial charge is 0.490 e. The minimum Gasteiger partial charge on any atom is -0.490 e. The number of ether oxygens (including phenoxy) is 3. The van der Waals surface area contributed by atoms with Crippen LogP contribution in [0, 0.1) is 5.41 Å². The molecule has 0 aromatic heterocycles. The normalized spacial score (nSPS) is 17.4. The molecular weight excluding hydrogens is 332 g/mol. The zero-order chi connectivity index (χ0) is 19.0. The molecule has 1 heterocycles. The number of hydrogen-bond acceptors (Lipinski definition) is 5. The Bertz CT molecular complexity index is 580. The molecule has 1 aliphatic heterocycles. The Kier molecular flexibility index (Phi) is 7.72. The van der Waals surface area contributed by atoms with Gasteiger partial charge >= 0.3 is 0 Å². The summed E-state index contributed by atoms with van der Waals surface area (Å²) in [5.74, 6) is 1.49. The van der Waals surface area contributed by atoms with Gasteiger partial charge in [-0.2, -0.15) is 0 Å². The van der Waals surface area contributed by atoms with Crippen LogP contribution in [0.5, 0.6) is 11.5 Å². The molecule has 2 rings (SSSR count). The van der Waals surface area contributed by atoms with Crippen LogP contribution in [0.15, 0.2) is 18.2 Å². The van der Waals surface area contributed by atoms with Crippen LogP contribution in [0.1, 0.15) is 45.2 Å². The van der Waals surface area contributed by atoms with E-state index in [1.54, 1.807) is 7.11 Å². The monoisotopic (exact) mass is 364 g/mol. The third-order valence-electron chi connectivity index (χ3n) is 4.88. The highest BCUT2D eigenvalue weighted by Crippen LogP contribution is 2.33. The Morgan fingerprint density at radius 1 is 1.19 bits per heavy atom. The maximum absolute atomic E-state index is 13.0. The molecule has 2 N–H and O–H groups in total. The highest BCUT2D eigenvalue weighted by Gasteiger charge is 2.40. The van der Waals surface area contributed by atoms with Gasteiger partial charge in [0.2, 0.25) is 5.91 Å². The molecule has 0 spiro atoms. The van der Waals surface area contributed by atoms with Gasteiger partial charge in [0.05, 0.1) is 31.3 Å². The predicted octanol–water partition coefficient (Wildman–Crippen LogP) is 2.68. The van der Waals surface area contributed by atoms with Crippen molar-refractivity contribution in [1.29, 1.82) is 0 Å². The number of benzene rings is 1. The molecule has 1 saturated heterocycles. The molecule has 6 nitrogen and oxygen atoms in total. The average Bonchev–Trinajstić information content (AvgIpc) is 2.64. The maximum Gasteiger partial charge on any atom is 0.229 e. The highest BCUT2D eigenvalue weighted by atomic mass is 16.5. The molecule has 0 aliphatic carbocycles. The fourth-order valence-electron chi connectivity index (χ4n) is 3.39. The van der Waals surface area contributed by atoms with Crippen molar-refractivity contribution in [3.63, 3.8) is 0 Å². The van der Waals surface area contributed by atoms with Crippen LogP contribution in [0.3, 0.4) is 0 Å². The molecule has 1 amide bonds. The van der Waals surface area contributed by atoms with E-state index in [1.807, 2.05) is 39.0 Å². The van der Waals surface area contributed by atoms with Gasteiger partial charge in [-0.15, -0.1) is 0 Å². The standard InChI is InChI=1S/C20H32N2O4/c1-5-25-17-8-7-16(13-18(17)26-6-2)15(3)22-19(23)20(14-24-4)9-11-21-12-10-20/h7-8,13,15,21H,5-6,9-12,14H2,1-4H3,(H,22,23). The fraction of sp³-hybridized carbons (Fsp3) is 0.650. The van der Waals surface area contributed by atoms with Crippen LogP contribution < -0.4 is 20.1 Å². The summed E-state index contributed by atoms with van der Waals surface area (Å²) in [4.78, 5) is 13.0. The second kappa shape index (κ2) is 9.78. The number of rotatable bonds is 9. The van der Waals surface area contributed by atoms with Crippen molar-refractivity contribution < 1.29 is 19.0 Å². The van der Waals surface area contributed by atoms with E-state index in [2.05, 4.69) is 10.6 Å². The molecule has 1 aromatic rings. The van der Waals surface area contributed by atoms with Crippen molar-refractivity contribution >= 4 is 5.91 Å². The van der Waals surface area contributed by atoms with Crippen LogP contribution in [-0.4, -0.2) is 45.9 Å². The zero-order valence-corrected chi connectivity index (χ0v) is 16.4. The van der Waals surface area contributed by atoms with Crippen molar-refractivity contribution in [1.82, 2.24) is 10.6 Å². The molecular formula is C20H32N2O4. The van der Waals surface area contributed by atoms with Gasteiger partial charge in [-0.1, -0.05) is 6.07 Å². The number of nitrogens with one attached hydrogen (secondary N) is 2. The number of carbonyl (C=O) groups excluding carboxylic acids is 1. The van der Waals surface area contributed by atoms with Crippen LogP contribution in [-0.2, 0) is 9.53 Å². The Morgan fingerprint density at radius 2 is 1.85 bits per heavy atom. The number of carbonyl (C=O) groups is 1. The Hall–Kier alpha value is -1.79. The summed E-state index contributed by atoms with van der Waals surface area (Å²) in [6, 6.07) is 5.71. The van der Waals surface area contributed by atoms with Crippen molar-refractivity contribution in [2.24, 2.45) is 5.41 Å². The minimum atomic E-state index is -0.456. The lowest BCUT2D eigenvalue weighted by Crippen LogP contribution is -2.50. The van der Waals surface area contributed by atoms with Gasteiger partial charge in [0, 0.05) is 7.11 Å². The molecule has 1 unspecified atom stereocenters. The lowest BCUT2D eigenvalue weighted by atomic mass is 9.78. The maximum atomic E-state index is 13.0. The third-order valence-corrected chi connectivity index (χ3v) is 4.88. The summed E-state index contributed by atoms with van der Waals surface area (Å²) in [5, 5.41) is 6.48. The van der Waals surface area contributed by atoms with E-state index in [0.29, 0.717) is 25.6 Å². The van der Waals surface area contributed by atoms with Gasteiger partial charge < -0.3 is 24.8 Å². The van der Waals surface area contributed by atoms with E-state index < -0.39 is 5.41 Å². The molecule has 146 valence electrons. The van der Waals surface area contributed by atoms with Gasteiger partial charge in [-0.3, -0.25) is 4.79 Å². The first-order valence-electron chi connectivity index (χ1n) is 9.46. The van der Waals surface area contributed by atoms with Gasteiger partial charge in [0.25, 0.3) is 0 Å². The molecule has 6 heteroatoms. The van der Waals surface area contributed by atoms with Crippen LogP contribution in [0.4, 0.5) is 0 Å². The molecule has 26 heavy (non-hydrogen) atoms. The van der Waals surface area contributed by atoms with Gasteiger partial charge in [-0.05, 0) is 64.4 Å². The van der Waals surface area contributed by atoms with Gasteiger partial charge in [0.15, 0.2) is 11.5 Å². The smallest absolute Gasteiger partial charge is 0.229 e. The molecule has 0 saturated carbocycles. The van der Waals surface area contributed by atoms with E-state index in [4.69, 9.17) is 14.2 Å². The third kappa shape index (κ3) is 4.89. The first kappa shape index (κ1) is 20.5. The number of methoxy groups -OCH3 is 1. The second-order valence-corrected chi connectivity index (χ2v) is 6.73. The Balaban J connectivity index is 2.13. The summed E-state index contributed by atoms with van der Waals surface area (Å²) in [7, 11) is 1.65. The molecule has 1 atom stereocenters. The fourth-order valence-corrected chi connectivity index (χ4v) is 3.39. The lowest BCUT2D eigenvalue weighted by molar-refractivity contribution is -0.136. The summed E-state index contributed by atoms with van der Waals surface area (Å²) < 4.78 is 16.7. The zero-order valence-electron chi connectivity index (χ0n) is 16.4. The Morgan fingerprint density at radius 3 is 2.46 bits per heavy atom. The average molecular weight is 364 g/mol. The molecule has 0 radical (unpaired) electrons. The van der Waals surface area contributed by atoms with E-state index in [-0.39, 0.29) is 11.9 Å². The first-order valence-corrected chi connectivity index (χ1v) is 9.46. The molecule has 1 fully saturated rings. The van der Waals surface area contributed by atoms with E-state index in [1.165, 1.54) is 0 Å². The van der Waals surface area contributed by atoms with E-state index in [0.717, 1.165) is 37.2 Å². The summed E-state index contributed by atoms with van der Waals surface area (Å²) in [6.45, 7) is 9.14. The summed E-state index contributed by atoms with van der Waals surface area (Å²) in [5.41, 5.74) is 0.536. The van der Waals surface area contributed by atoms with Crippen molar-refractivity contribution in [2.75, 3.05) is 40.0 Å². The van der Waals surface area contributed by atoms with Crippen LogP contribution in [0.25, 0.3) is 0 Å². The van der Waals surface area contributed by atoms with Crippen LogP contribution >= 0.6 is 0 Å². The number of piperidine rings is 1. The van der Waals surface area contributed by atoms with Gasteiger partial charge in [0.1, 0.15) is 0 Å². The first-order chi connectivity index (χ1) is 12.6. The molecule has 1 aromatic carbocycles. The van der Waals surface area contributed by atoms with Crippen molar-refractivity contribution in [2.45, 2.75) is 39.7 Å². The van der Waals surface area contributed by atoms with Crippen LogP contribution in [0.2, 0.25) is 0 Å². The van der Waals surface area contributed by atoms with E-state index in [9.17, 15) is 4.79 Å². The van der Waals surface area contributed by atoms with Crippen molar-refractivity contribution in [3.05, 3.63) is 23.8 Å². The SMILES string of the molecule is CCOc1ccc(C(C)NC(=O)C2(COC)CCNCC2)cc1OCC. The van der Waals surface area contributed by atoms with E-state index >= 15 is 0 Å². The topological polar surface area (TPSA) is 68.8 Å². The highest BCUT2D eigenvalue weighted by molar-refractivity contribution is 5.83. The molecule has 0 bridgehead atoms. The van der Waals surface area contributed by atoms with Gasteiger partial charge in [-0.25, -0.2) is 0 Å². The van der Waals surface area contributed by atoms with Crippen molar-refractivity contribution in [3.8, 4) is 11.5 Å². The second-order valence-electron chi connectivity index (χ2n) is 6.73.